The fourth-order valence-corrected chi connectivity index (χ4v) is 0.964. The van der Waals surface area contributed by atoms with Gasteiger partial charge < -0.3 is 10.1 Å². The molecular formula is C7H10N2O4. The van der Waals surface area contributed by atoms with Gasteiger partial charge >= 0.3 is 12.0 Å². The normalized spacial score (nSPS) is 21.8. The highest BCUT2D eigenvalue weighted by atomic mass is 16.5. The van der Waals surface area contributed by atoms with E-state index in [2.05, 4.69) is 10.1 Å². The first-order chi connectivity index (χ1) is 6.15. The Labute approximate surface area is 74.6 Å². The molecule has 1 unspecified atom stereocenters. The van der Waals surface area contributed by atoms with Crippen LogP contribution in [0.3, 0.4) is 0 Å². The van der Waals surface area contributed by atoms with Gasteiger partial charge in [-0.25, -0.2) is 4.79 Å². The van der Waals surface area contributed by atoms with Gasteiger partial charge in [0.05, 0.1) is 6.61 Å². The van der Waals surface area contributed by atoms with Gasteiger partial charge in [-0.3, -0.25) is 14.9 Å². The lowest BCUT2D eigenvalue weighted by atomic mass is 10.1. The van der Waals surface area contributed by atoms with Crippen LogP contribution in [-0.4, -0.2) is 31.1 Å². The number of nitrogens with one attached hydrogen (secondary N) is 2. The van der Waals surface area contributed by atoms with Crippen molar-refractivity contribution in [2.45, 2.75) is 6.92 Å². The maximum absolute atomic E-state index is 11.1. The maximum Gasteiger partial charge on any atom is 0.321 e. The predicted molar refractivity (Wildman–Crippen MR) is 41.7 cm³/mol. The van der Waals surface area contributed by atoms with Crippen molar-refractivity contribution >= 4 is 17.9 Å². The summed E-state index contributed by atoms with van der Waals surface area (Å²) in [6.07, 6.45) is 0. The van der Waals surface area contributed by atoms with Crippen LogP contribution < -0.4 is 10.6 Å². The Balaban J connectivity index is 2.55. The van der Waals surface area contributed by atoms with Gasteiger partial charge in [0.2, 0.25) is 5.91 Å². The van der Waals surface area contributed by atoms with Gasteiger partial charge in [0, 0.05) is 6.54 Å². The molecule has 0 bridgehead atoms. The van der Waals surface area contributed by atoms with Crippen LogP contribution in [0.15, 0.2) is 0 Å². The molecule has 0 aromatic rings. The number of carbonyl (C=O) groups is 3. The van der Waals surface area contributed by atoms with Crippen molar-refractivity contribution in [1.29, 1.82) is 0 Å². The molecule has 1 saturated heterocycles. The lowest BCUT2D eigenvalue weighted by Crippen LogP contribution is -2.54. The van der Waals surface area contributed by atoms with Gasteiger partial charge in [0.1, 0.15) is 0 Å². The standard InChI is InChI=1S/C7H10N2O4/c1-2-13-6(11)4-3-8-7(12)9-5(4)10/h4H,2-3H2,1H3,(H2,8,9,10,12). The van der Waals surface area contributed by atoms with Crippen LogP contribution in [0.5, 0.6) is 0 Å². The Bertz CT molecular complexity index is 251. The molecule has 0 aliphatic carbocycles. The van der Waals surface area contributed by atoms with Gasteiger partial charge in [0.15, 0.2) is 5.92 Å². The summed E-state index contributed by atoms with van der Waals surface area (Å²) < 4.78 is 4.64. The number of hydrogen-bond acceptors (Lipinski definition) is 4. The predicted octanol–water partition coefficient (Wildman–Crippen LogP) is -0.995. The molecule has 0 saturated carbocycles. The zero-order valence-electron chi connectivity index (χ0n) is 7.12. The minimum Gasteiger partial charge on any atom is -0.465 e. The van der Waals surface area contributed by atoms with Gasteiger partial charge in [-0.05, 0) is 6.92 Å². The van der Waals surface area contributed by atoms with Gasteiger partial charge in [-0.15, -0.1) is 0 Å². The third-order valence-corrected chi connectivity index (χ3v) is 1.59. The number of amides is 3. The number of ether oxygens (including phenoxy) is 1. The zero-order valence-corrected chi connectivity index (χ0v) is 7.12. The summed E-state index contributed by atoms with van der Waals surface area (Å²) in [7, 11) is 0. The third kappa shape index (κ3) is 2.17. The number of esters is 1. The van der Waals surface area contributed by atoms with Gasteiger partial charge in [-0.1, -0.05) is 0 Å². The number of rotatable bonds is 2. The number of carbonyl (C=O) groups excluding carboxylic acids is 3. The number of hydrogen-bond donors (Lipinski definition) is 2. The molecule has 1 atom stereocenters. The van der Waals surface area contributed by atoms with E-state index in [-0.39, 0.29) is 13.2 Å². The van der Waals surface area contributed by atoms with Crippen molar-refractivity contribution in [3.63, 3.8) is 0 Å². The summed E-state index contributed by atoms with van der Waals surface area (Å²) >= 11 is 0. The fraction of sp³-hybridized carbons (Fsp3) is 0.571. The summed E-state index contributed by atoms with van der Waals surface area (Å²) in [6.45, 7) is 1.87. The smallest absolute Gasteiger partial charge is 0.321 e. The quantitative estimate of drug-likeness (QED) is 0.428. The molecule has 0 aromatic carbocycles. The van der Waals surface area contributed by atoms with Crippen molar-refractivity contribution < 1.29 is 19.1 Å². The third-order valence-electron chi connectivity index (χ3n) is 1.59. The SMILES string of the molecule is CCOC(=O)C1CNC(=O)NC1=O. The lowest BCUT2D eigenvalue weighted by Gasteiger charge is -2.20. The average Bonchev–Trinajstić information content (AvgIpc) is 2.04. The Kier molecular flexibility index (Phi) is 2.84. The van der Waals surface area contributed by atoms with Crippen LogP contribution in [0.1, 0.15) is 6.92 Å². The second kappa shape index (κ2) is 3.88. The maximum atomic E-state index is 11.1. The first kappa shape index (κ1) is 9.50. The molecule has 13 heavy (non-hydrogen) atoms. The second-order valence-corrected chi connectivity index (χ2v) is 2.50. The van der Waals surface area contributed by atoms with Gasteiger partial charge in [0.25, 0.3) is 0 Å². The Morgan fingerprint density at radius 1 is 1.62 bits per heavy atom. The first-order valence-corrected chi connectivity index (χ1v) is 3.90. The van der Waals surface area contributed by atoms with E-state index < -0.39 is 23.8 Å². The van der Waals surface area contributed by atoms with E-state index in [1.54, 1.807) is 6.92 Å². The highest BCUT2D eigenvalue weighted by Gasteiger charge is 2.33. The summed E-state index contributed by atoms with van der Waals surface area (Å²) in [4.78, 5) is 32.7. The lowest BCUT2D eigenvalue weighted by molar-refractivity contribution is -0.152. The molecular weight excluding hydrogens is 176 g/mol. The zero-order chi connectivity index (χ0) is 9.84. The number of imide groups is 1. The molecule has 1 aliphatic heterocycles. The molecule has 6 heteroatoms. The molecule has 0 radical (unpaired) electrons. The van der Waals surface area contributed by atoms with Crippen LogP contribution in [-0.2, 0) is 14.3 Å². The minimum absolute atomic E-state index is 0.00347. The molecule has 72 valence electrons. The summed E-state index contributed by atoms with van der Waals surface area (Å²) in [5.41, 5.74) is 0. The van der Waals surface area contributed by atoms with E-state index in [1.807, 2.05) is 5.32 Å². The molecule has 3 amide bonds. The van der Waals surface area contributed by atoms with Gasteiger partial charge in [-0.2, -0.15) is 0 Å². The topological polar surface area (TPSA) is 84.5 Å². The Morgan fingerprint density at radius 3 is 2.85 bits per heavy atom. The number of urea groups is 1. The highest BCUT2D eigenvalue weighted by molar-refractivity contribution is 6.07. The molecule has 1 rings (SSSR count). The Morgan fingerprint density at radius 2 is 2.31 bits per heavy atom. The monoisotopic (exact) mass is 186 g/mol. The summed E-state index contributed by atoms with van der Waals surface area (Å²) in [6, 6.07) is -0.578. The molecule has 1 aliphatic rings. The van der Waals surface area contributed by atoms with E-state index >= 15 is 0 Å². The van der Waals surface area contributed by atoms with Crippen LogP contribution in [0, 0.1) is 5.92 Å². The highest BCUT2D eigenvalue weighted by Crippen LogP contribution is 2.02. The largest absolute Gasteiger partial charge is 0.465 e. The van der Waals surface area contributed by atoms with E-state index in [9.17, 15) is 14.4 Å². The van der Waals surface area contributed by atoms with Crippen LogP contribution in [0.4, 0.5) is 4.79 Å². The van der Waals surface area contributed by atoms with Crippen molar-refractivity contribution in [3.8, 4) is 0 Å². The minimum atomic E-state index is -0.919. The first-order valence-electron chi connectivity index (χ1n) is 3.90. The fourth-order valence-electron chi connectivity index (χ4n) is 0.964. The van der Waals surface area contributed by atoms with Crippen molar-refractivity contribution in [1.82, 2.24) is 10.6 Å². The molecule has 2 N–H and O–H groups in total. The summed E-state index contributed by atoms with van der Waals surface area (Å²) in [5, 5.41) is 4.31. The van der Waals surface area contributed by atoms with Crippen molar-refractivity contribution in [3.05, 3.63) is 0 Å². The molecule has 1 fully saturated rings. The van der Waals surface area contributed by atoms with E-state index in [0.29, 0.717) is 0 Å². The second-order valence-electron chi connectivity index (χ2n) is 2.50. The average molecular weight is 186 g/mol. The molecule has 0 spiro atoms. The van der Waals surface area contributed by atoms with Crippen molar-refractivity contribution in [2.24, 2.45) is 5.92 Å². The van der Waals surface area contributed by atoms with E-state index in [4.69, 9.17) is 0 Å². The van der Waals surface area contributed by atoms with Crippen molar-refractivity contribution in [2.75, 3.05) is 13.2 Å². The summed E-state index contributed by atoms with van der Waals surface area (Å²) in [5.74, 6) is -2.14. The van der Waals surface area contributed by atoms with Crippen LogP contribution in [0.25, 0.3) is 0 Å². The Hall–Kier alpha value is -1.59. The van der Waals surface area contributed by atoms with Crippen LogP contribution >= 0.6 is 0 Å². The molecule has 6 nitrogen and oxygen atoms in total. The van der Waals surface area contributed by atoms with Crippen LogP contribution in [0.2, 0.25) is 0 Å². The molecule has 0 aromatic heterocycles. The van der Waals surface area contributed by atoms with E-state index in [1.165, 1.54) is 0 Å². The van der Waals surface area contributed by atoms with E-state index in [0.717, 1.165) is 0 Å². The molecule has 1 heterocycles.